The number of benzene rings is 1. The van der Waals surface area contributed by atoms with E-state index in [1.165, 1.54) is 24.3 Å². The zero-order valence-electron chi connectivity index (χ0n) is 24.7. The molecule has 0 bridgehead atoms. The van der Waals surface area contributed by atoms with Gasteiger partial charge >= 0.3 is 17.9 Å². The second-order valence-electron chi connectivity index (χ2n) is 9.85. The van der Waals surface area contributed by atoms with Crippen molar-refractivity contribution in [1.82, 2.24) is 16.0 Å². The van der Waals surface area contributed by atoms with Crippen LogP contribution < -0.4 is 16.0 Å². The van der Waals surface area contributed by atoms with Gasteiger partial charge in [0.05, 0.1) is 44.0 Å². The highest BCUT2D eigenvalue weighted by Crippen LogP contribution is 2.26. The summed E-state index contributed by atoms with van der Waals surface area (Å²) < 4.78 is 18.2. The van der Waals surface area contributed by atoms with Gasteiger partial charge in [0.25, 0.3) is 0 Å². The van der Waals surface area contributed by atoms with E-state index in [9.17, 15) is 33.6 Å². The van der Waals surface area contributed by atoms with Gasteiger partial charge in [0.1, 0.15) is 25.4 Å². The quantitative estimate of drug-likeness (QED) is 0.0918. The minimum absolute atomic E-state index is 0.0179. The molecule has 1 aromatic rings. The molecule has 1 aromatic carbocycles. The fraction of sp³-hybridized carbons (Fsp3) is 0.519. The third kappa shape index (κ3) is 20.5. The average molecular weight is 715 g/mol. The number of alkyl halides is 3. The van der Waals surface area contributed by atoms with Crippen molar-refractivity contribution in [1.29, 1.82) is 0 Å². The zero-order valence-corrected chi connectivity index (χ0v) is 27.8. The van der Waals surface area contributed by atoms with Gasteiger partial charge in [0.2, 0.25) is 26.6 Å². The van der Waals surface area contributed by atoms with Crippen LogP contribution in [0.1, 0.15) is 47.9 Å². The van der Waals surface area contributed by atoms with Crippen molar-refractivity contribution in [3.05, 3.63) is 35.4 Å². The maximum atomic E-state index is 12.4. The van der Waals surface area contributed by atoms with Gasteiger partial charge in [-0.15, -0.1) is 0 Å². The molecule has 14 nitrogen and oxygen atoms in total. The first-order chi connectivity index (χ1) is 20.9. The lowest BCUT2D eigenvalue weighted by molar-refractivity contribution is -0.147. The normalized spacial score (nSPS) is 11.2. The summed E-state index contributed by atoms with van der Waals surface area (Å²) in [6.45, 7) is 3.17. The Balaban J connectivity index is 2.18. The lowest BCUT2D eigenvalue weighted by Crippen LogP contribution is -2.43. The maximum absolute atomic E-state index is 12.4. The topological polar surface area (TPSA) is 192 Å². The second-order valence-corrected chi connectivity index (χ2v) is 13.3. The van der Waals surface area contributed by atoms with Crippen LogP contribution in [0.3, 0.4) is 0 Å². The van der Waals surface area contributed by atoms with Crippen LogP contribution in [0.4, 0.5) is 0 Å². The predicted molar refractivity (Wildman–Crippen MR) is 165 cm³/mol. The van der Waals surface area contributed by atoms with Crippen LogP contribution in [-0.4, -0.2) is 102 Å². The Kier molecular flexibility index (Phi) is 17.8. The molecule has 0 aliphatic heterocycles. The molecule has 0 saturated carbocycles. The van der Waals surface area contributed by atoms with Crippen LogP contribution in [0, 0.1) is 0 Å². The summed E-state index contributed by atoms with van der Waals surface area (Å²) in [7, 11) is 0. The largest absolute Gasteiger partial charge is 0.462 e. The monoisotopic (exact) mass is 713 g/mol. The Morgan fingerprint density at radius 1 is 0.756 bits per heavy atom. The van der Waals surface area contributed by atoms with Crippen molar-refractivity contribution in [3.63, 3.8) is 0 Å². The molecule has 0 aliphatic carbocycles. The lowest BCUT2D eigenvalue weighted by atomic mass is 10.1. The van der Waals surface area contributed by atoms with E-state index in [2.05, 4.69) is 16.0 Å². The first-order valence-electron chi connectivity index (χ1n) is 13.2. The van der Waals surface area contributed by atoms with Gasteiger partial charge in [-0.2, -0.15) is 0 Å². The molecule has 18 heteroatoms. The number of hydrogen-bond donors (Lipinski definition) is 3. The second kappa shape index (κ2) is 20.1. The van der Waals surface area contributed by atoms with Gasteiger partial charge in [0, 0.05) is 5.56 Å². The fourth-order valence-electron chi connectivity index (χ4n) is 2.79. The SMILES string of the molecule is CC(C)(C)OC(=O)c1cccc(C(=O)SCC(=O)NCC(=O)NCC(=O)NCC(=O)OCCOCCC(=O)OCC(Cl)(Cl)Cl)c1. The lowest BCUT2D eigenvalue weighted by Gasteiger charge is -2.19. The number of rotatable bonds is 17. The minimum Gasteiger partial charge on any atom is -0.462 e. The van der Waals surface area contributed by atoms with Crippen LogP contribution in [0.25, 0.3) is 0 Å². The molecule has 0 unspecified atom stereocenters. The number of thioether (sulfide) groups is 1. The third-order valence-electron chi connectivity index (χ3n) is 4.73. The third-order valence-corrected chi connectivity index (χ3v) is 5.96. The van der Waals surface area contributed by atoms with Crippen LogP contribution in [0.5, 0.6) is 0 Å². The molecular formula is C27H34Cl3N3O11S. The predicted octanol–water partition coefficient (Wildman–Crippen LogP) is 1.73. The molecular weight excluding hydrogens is 681 g/mol. The molecule has 0 saturated heterocycles. The molecule has 0 atom stereocenters. The van der Waals surface area contributed by atoms with E-state index in [1.54, 1.807) is 20.8 Å². The summed E-state index contributed by atoms with van der Waals surface area (Å²) >= 11 is 17.1. The number of hydrogen-bond acceptors (Lipinski definition) is 12. The van der Waals surface area contributed by atoms with E-state index in [0.29, 0.717) is 11.8 Å². The van der Waals surface area contributed by atoms with E-state index in [0.717, 1.165) is 0 Å². The van der Waals surface area contributed by atoms with Gasteiger partial charge in [-0.3, -0.25) is 28.8 Å². The zero-order chi connectivity index (χ0) is 34.0. The van der Waals surface area contributed by atoms with Gasteiger partial charge in [-0.25, -0.2) is 4.79 Å². The standard InChI is InChI=1S/C27H34Cl3N3O11S/c1-26(2,3)44-24(39)17-5-4-6-18(11-17)25(40)45-15-21(36)32-13-19(34)31-12-20(35)33-14-23(38)42-10-9-41-8-7-22(37)43-16-27(28,29)30/h4-6,11H,7-10,12-16H2,1-3H3,(H,31,34)(H,32,36)(H,33,35). The van der Waals surface area contributed by atoms with Crippen molar-refractivity contribution in [2.45, 2.75) is 36.6 Å². The Bertz CT molecular complexity index is 1220. The Morgan fingerprint density at radius 2 is 1.36 bits per heavy atom. The van der Waals surface area contributed by atoms with Crippen LogP contribution in [-0.2, 0) is 42.9 Å². The number of halogens is 3. The summed E-state index contributed by atoms with van der Waals surface area (Å²) in [5.74, 6) is -4.26. The average Bonchev–Trinajstić information content (AvgIpc) is 2.96. The highest BCUT2D eigenvalue weighted by Gasteiger charge is 2.22. The molecule has 0 fully saturated rings. The number of carbonyl (C=O) groups excluding carboxylic acids is 7. The van der Waals surface area contributed by atoms with E-state index in [1.807, 2.05) is 0 Å². The smallest absolute Gasteiger partial charge is 0.338 e. The minimum atomic E-state index is -1.71. The van der Waals surface area contributed by atoms with Gasteiger partial charge in [-0.05, 0) is 32.9 Å². The van der Waals surface area contributed by atoms with Crippen molar-refractivity contribution < 1.29 is 52.5 Å². The first-order valence-corrected chi connectivity index (χ1v) is 15.3. The summed E-state index contributed by atoms with van der Waals surface area (Å²) in [4.78, 5) is 83.6. The van der Waals surface area contributed by atoms with E-state index in [-0.39, 0.29) is 43.1 Å². The fourth-order valence-corrected chi connectivity index (χ4v) is 3.61. The number of esters is 3. The summed E-state index contributed by atoms with van der Waals surface area (Å²) in [5, 5.41) is 6.37. The Labute approximate surface area is 278 Å². The van der Waals surface area contributed by atoms with Crippen molar-refractivity contribution in [2.75, 3.05) is 51.8 Å². The molecule has 0 radical (unpaired) electrons. The van der Waals surface area contributed by atoms with Crippen molar-refractivity contribution in [3.8, 4) is 0 Å². The summed E-state index contributed by atoms with van der Waals surface area (Å²) in [6.07, 6.45) is -0.105. The summed E-state index contributed by atoms with van der Waals surface area (Å²) in [5.41, 5.74) is -0.310. The Morgan fingerprint density at radius 3 is 1.98 bits per heavy atom. The van der Waals surface area contributed by atoms with E-state index >= 15 is 0 Å². The number of amides is 3. The Hall–Kier alpha value is -3.11. The summed E-state index contributed by atoms with van der Waals surface area (Å²) in [6, 6.07) is 5.90. The molecule has 0 spiro atoms. The molecule has 3 N–H and O–H groups in total. The van der Waals surface area contributed by atoms with Gasteiger partial charge < -0.3 is 34.9 Å². The van der Waals surface area contributed by atoms with E-state index < -0.39 is 76.4 Å². The van der Waals surface area contributed by atoms with Crippen LogP contribution in [0.15, 0.2) is 24.3 Å². The number of ether oxygens (including phenoxy) is 4. The maximum Gasteiger partial charge on any atom is 0.338 e. The van der Waals surface area contributed by atoms with E-state index in [4.69, 9.17) is 53.8 Å². The molecule has 3 amide bonds. The molecule has 0 heterocycles. The van der Waals surface area contributed by atoms with Crippen molar-refractivity contribution >= 4 is 87.3 Å². The van der Waals surface area contributed by atoms with Crippen molar-refractivity contribution in [2.24, 2.45) is 0 Å². The molecule has 45 heavy (non-hydrogen) atoms. The van der Waals surface area contributed by atoms with Gasteiger partial charge in [-0.1, -0.05) is 58.7 Å². The van der Waals surface area contributed by atoms with Crippen LogP contribution in [0.2, 0.25) is 0 Å². The van der Waals surface area contributed by atoms with Gasteiger partial charge in [0.15, 0.2) is 0 Å². The first kappa shape index (κ1) is 39.9. The highest BCUT2D eigenvalue weighted by atomic mass is 35.6. The molecule has 250 valence electrons. The molecule has 1 rings (SSSR count). The number of carbonyl (C=O) groups is 7. The molecule has 0 aromatic heterocycles. The van der Waals surface area contributed by atoms with Crippen LogP contribution >= 0.6 is 46.6 Å². The molecule has 0 aliphatic rings. The number of nitrogens with one attached hydrogen (secondary N) is 3. The highest BCUT2D eigenvalue weighted by molar-refractivity contribution is 8.14.